The lowest BCUT2D eigenvalue weighted by atomic mass is 9.95. The molecule has 0 bridgehead atoms. The van der Waals surface area contributed by atoms with E-state index < -0.39 is 0 Å². The zero-order chi connectivity index (χ0) is 9.97. The molecule has 0 saturated heterocycles. The van der Waals surface area contributed by atoms with Gasteiger partial charge in [-0.1, -0.05) is 0 Å². The Morgan fingerprint density at radius 1 is 1.43 bits per heavy atom. The molecule has 3 nitrogen and oxygen atoms in total. The molecule has 1 aromatic heterocycles. The van der Waals surface area contributed by atoms with E-state index in [0.717, 1.165) is 12.8 Å². The van der Waals surface area contributed by atoms with Crippen molar-refractivity contribution in [3.05, 3.63) is 29.1 Å². The highest BCUT2D eigenvalue weighted by molar-refractivity contribution is 5.93. The maximum atomic E-state index is 11.3. The maximum absolute atomic E-state index is 11.3. The van der Waals surface area contributed by atoms with E-state index >= 15 is 0 Å². The lowest BCUT2D eigenvalue weighted by molar-refractivity contribution is 0.0962. The molecule has 74 valence electrons. The van der Waals surface area contributed by atoms with Gasteiger partial charge in [-0.15, -0.1) is 0 Å². The minimum atomic E-state index is -0.0501. The third kappa shape index (κ3) is 1.62. The van der Waals surface area contributed by atoms with Crippen LogP contribution in [-0.4, -0.2) is 17.9 Å². The smallest absolute Gasteiger partial charge is 0.252 e. The summed E-state index contributed by atoms with van der Waals surface area (Å²) in [7, 11) is 1.64. The van der Waals surface area contributed by atoms with Crippen molar-refractivity contribution in [2.45, 2.75) is 25.7 Å². The summed E-state index contributed by atoms with van der Waals surface area (Å²) in [4.78, 5) is 15.7. The second kappa shape index (κ2) is 3.78. The Labute approximate surface area is 83.5 Å². The van der Waals surface area contributed by atoms with Gasteiger partial charge in [0.1, 0.15) is 0 Å². The van der Waals surface area contributed by atoms with Crippen LogP contribution in [0.5, 0.6) is 0 Å². The molecule has 0 aliphatic heterocycles. The second-order valence-corrected chi connectivity index (χ2v) is 3.62. The highest BCUT2D eigenvalue weighted by Crippen LogP contribution is 2.19. The molecule has 1 amide bonds. The molecule has 2 rings (SSSR count). The Morgan fingerprint density at radius 3 is 3.00 bits per heavy atom. The standard InChI is InChI=1S/C11H14N2O/c1-12-11(14)9-6-8-4-2-3-5-10(8)13-7-9/h6-7H,2-5H2,1H3,(H,12,14). The van der Waals surface area contributed by atoms with Crippen LogP contribution in [0.1, 0.15) is 34.5 Å². The summed E-state index contributed by atoms with van der Waals surface area (Å²) in [5.74, 6) is -0.0501. The number of hydrogen-bond donors (Lipinski definition) is 1. The number of nitrogens with zero attached hydrogens (tertiary/aromatic N) is 1. The highest BCUT2D eigenvalue weighted by Gasteiger charge is 2.12. The van der Waals surface area contributed by atoms with Crippen LogP contribution in [-0.2, 0) is 12.8 Å². The number of fused-ring (bicyclic) bond motifs is 1. The van der Waals surface area contributed by atoms with Crippen molar-refractivity contribution in [3.8, 4) is 0 Å². The molecule has 14 heavy (non-hydrogen) atoms. The molecular formula is C11H14N2O. The first-order chi connectivity index (χ1) is 6.81. The van der Waals surface area contributed by atoms with Crippen molar-refractivity contribution in [1.82, 2.24) is 10.3 Å². The molecule has 1 aliphatic carbocycles. The Bertz CT molecular complexity index is 360. The average Bonchev–Trinajstić information content (AvgIpc) is 2.27. The van der Waals surface area contributed by atoms with Crippen LogP contribution in [0.2, 0.25) is 0 Å². The molecule has 0 fully saturated rings. The van der Waals surface area contributed by atoms with Crippen molar-refractivity contribution in [2.24, 2.45) is 0 Å². The zero-order valence-electron chi connectivity index (χ0n) is 8.34. The van der Waals surface area contributed by atoms with E-state index in [4.69, 9.17) is 0 Å². The van der Waals surface area contributed by atoms with Crippen LogP contribution in [0, 0.1) is 0 Å². The number of rotatable bonds is 1. The predicted molar refractivity (Wildman–Crippen MR) is 54.3 cm³/mol. The fourth-order valence-corrected chi connectivity index (χ4v) is 1.86. The summed E-state index contributed by atoms with van der Waals surface area (Å²) in [6, 6.07) is 1.97. The van der Waals surface area contributed by atoms with E-state index in [9.17, 15) is 4.79 Å². The van der Waals surface area contributed by atoms with E-state index in [0.29, 0.717) is 5.56 Å². The van der Waals surface area contributed by atoms with E-state index in [1.807, 2.05) is 6.07 Å². The highest BCUT2D eigenvalue weighted by atomic mass is 16.1. The maximum Gasteiger partial charge on any atom is 0.252 e. The number of nitrogens with one attached hydrogen (secondary N) is 1. The molecule has 1 N–H and O–H groups in total. The van der Waals surface area contributed by atoms with E-state index in [2.05, 4.69) is 10.3 Å². The minimum absolute atomic E-state index is 0.0501. The molecule has 0 radical (unpaired) electrons. The molecule has 0 spiro atoms. The quantitative estimate of drug-likeness (QED) is 0.725. The third-order valence-corrected chi connectivity index (χ3v) is 2.66. The molecule has 0 aromatic carbocycles. The van der Waals surface area contributed by atoms with Crippen molar-refractivity contribution < 1.29 is 4.79 Å². The van der Waals surface area contributed by atoms with Crippen molar-refractivity contribution in [2.75, 3.05) is 7.05 Å². The number of pyridine rings is 1. The fourth-order valence-electron chi connectivity index (χ4n) is 1.86. The number of carbonyl (C=O) groups excluding carboxylic acids is 1. The number of aryl methyl sites for hydroxylation is 2. The van der Waals surface area contributed by atoms with Gasteiger partial charge in [-0.05, 0) is 37.3 Å². The molecule has 1 aliphatic rings. The largest absolute Gasteiger partial charge is 0.355 e. The summed E-state index contributed by atoms with van der Waals surface area (Å²) >= 11 is 0. The number of amides is 1. The molecule has 0 saturated carbocycles. The second-order valence-electron chi connectivity index (χ2n) is 3.62. The molecule has 0 atom stereocenters. The summed E-state index contributed by atoms with van der Waals surface area (Å²) in [6.07, 6.45) is 6.23. The number of carbonyl (C=O) groups is 1. The van der Waals surface area contributed by atoms with Gasteiger partial charge in [0.05, 0.1) is 5.56 Å². The minimum Gasteiger partial charge on any atom is -0.355 e. The van der Waals surface area contributed by atoms with Gasteiger partial charge in [-0.25, -0.2) is 0 Å². The van der Waals surface area contributed by atoms with Crippen molar-refractivity contribution in [1.29, 1.82) is 0 Å². The predicted octanol–water partition coefficient (Wildman–Crippen LogP) is 1.32. The van der Waals surface area contributed by atoms with Gasteiger partial charge >= 0.3 is 0 Å². The van der Waals surface area contributed by atoms with Crippen molar-refractivity contribution >= 4 is 5.91 Å². The van der Waals surface area contributed by atoms with Crippen molar-refractivity contribution in [3.63, 3.8) is 0 Å². The Hall–Kier alpha value is -1.38. The molecule has 1 heterocycles. The number of hydrogen-bond acceptors (Lipinski definition) is 2. The lowest BCUT2D eigenvalue weighted by Crippen LogP contribution is -2.19. The molecular weight excluding hydrogens is 176 g/mol. The van der Waals surface area contributed by atoms with E-state index in [1.54, 1.807) is 13.2 Å². The topological polar surface area (TPSA) is 42.0 Å². The fraction of sp³-hybridized carbons (Fsp3) is 0.455. The van der Waals surface area contributed by atoms with Crippen LogP contribution in [0.4, 0.5) is 0 Å². The van der Waals surface area contributed by atoms with Gasteiger partial charge in [0.25, 0.3) is 5.91 Å². The third-order valence-electron chi connectivity index (χ3n) is 2.66. The first-order valence-corrected chi connectivity index (χ1v) is 5.01. The molecule has 0 unspecified atom stereocenters. The molecule has 1 aromatic rings. The SMILES string of the molecule is CNC(=O)c1cnc2c(c1)CCCC2. The Morgan fingerprint density at radius 2 is 2.21 bits per heavy atom. The van der Waals surface area contributed by atoms with Crippen LogP contribution >= 0.6 is 0 Å². The van der Waals surface area contributed by atoms with Crippen LogP contribution in [0.15, 0.2) is 12.3 Å². The van der Waals surface area contributed by atoms with Gasteiger partial charge in [-0.2, -0.15) is 0 Å². The lowest BCUT2D eigenvalue weighted by Gasteiger charge is -2.14. The number of aromatic nitrogens is 1. The van der Waals surface area contributed by atoms with Crippen LogP contribution in [0.3, 0.4) is 0 Å². The first-order valence-electron chi connectivity index (χ1n) is 5.01. The van der Waals surface area contributed by atoms with E-state index in [-0.39, 0.29) is 5.91 Å². The van der Waals surface area contributed by atoms with Gasteiger partial charge < -0.3 is 5.32 Å². The summed E-state index contributed by atoms with van der Waals surface area (Å²) in [5, 5.41) is 2.61. The Kier molecular flexibility index (Phi) is 2.48. The van der Waals surface area contributed by atoms with Crippen LogP contribution < -0.4 is 5.32 Å². The van der Waals surface area contributed by atoms with Gasteiger partial charge in [0, 0.05) is 18.9 Å². The van der Waals surface area contributed by atoms with Gasteiger partial charge in [0.2, 0.25) is 0 Å². The van der Waals surface area contributed by atoms with Gasteiger partial charge in [-0.3, -0.25) is 9.78 Å². The van der Waals surface area contributed by atoms with E-state index in [1.165, 1.54) is 24.1 Å². The average molecular weight is 190 g/mol. The summed E-state index contributed by atoms with van der Waals surface area (Å²) < 4.78 is 0. The first kappa shape index (κ1) is 9.19. The summed E-state index contributed by atoms with van der Waals surface area (Å²) in [6.45, 7) is 0. The molecule has 3 heteroatoms. The van der Waals surface area contributed by atoms with Gasteiger partial charge in [0.15, 0.2) is 0 Å². The van der Waals surface area contributed by atoms with Crippen LogP contribution in [0.25, 0.3) is 0 Å². The monoisotopic (exact) mass is 190 g/mol. The summed E-state index contributed by atoms with van der Waals surface area (Å²) in [5.41, 5.74) is 3.09. The normalized spacial score (nSPS) is 14.6. The zero-order valence-corrected chi connectivity index (χ0v) is 8.34. The Balaban J connectivity index is 2.33.